The number of hydrogen-bond acceptors (Lipinski definition) is 7. The van der Waals surface area contributed by atoms with E-state index in [9.17, 15) is 5.26 Å². The predicted octanol–water partition coefficient (Wildman–Crippen LogP) is 4.08. The van der Waals surface area contributed by atoms with Gasteiger partial charge in [-0.25, -0.2) is 15.0 Å². The van der Waals surface area contributed by atoms with Crippen molar-refractivity contribution in [3.63, 3.8) is 0 Å². The highest BCUT2D eigenvalue weighted by Crippen LogP contribution is 2.40. The van der Waals surface area contributed by atoms with E-state index in [0.717, 1.165) is 35.1 Å². The Labute approximate surface area is 177 Å². The van der Waals surface area contributed by atoms with Crippen molar-refractivity contribution in [3.05, 3.63) is 47.6 Å². The number of nitrogens with zero attached hydrogens (tertiary/aromatic N) is 6. The van der Waals surface area contributed by atoms with Crippen LogP contribution in [0.5, 0.6) is 0 Å². The fourth-order valence-corrected chi connectivity index (χ4v) is 4.36. The molecule has 3 aromatic heterocycles. The molecule has 2 N–H and O–H groups in total. The first kappa shape index (κ1) is 18.6. The summed E-state index contributed by atoms with van der Waals surface area (Å²) < 4.78 is 0. The molecular formula is C21H19ClN8. The molecular weight excluding hydrogens is 400 g/mol. The molecule has 0 bridgehead atoms. The Balaban J connectivity index is 1.62. The molecule has 5 rings (SSSR count). The van der Waals surface area contributed by atoms with Gasteiger partial charge >= 0.3 is 0 Å². The van der Waals surface area contributed by atoms with Gasteiger partial charge in [0.2, 0.25) is 0 Å². The summed E-state index contributed by atoms with van der Waals surface area (Å²) in [4.78, 5) is 22.8. The highest BCUT2D eigenvalue weighted by molar-refractivity contribution is 6.36. The molecule has 150 valence electrons. The van der Waals surface area contributed by atoms with Crippen LogP contribution < -0.4 is 10.2 Å². The van der Waals surface area contributed by atoms with Crippen LogP contribution >= 0.6 is 11.6 Å². The van der Waals surface area contributed by atoms with Crippen molar-refractivity contribution in [2.75, 3.05) is 23.3 Å². The van der Waals surface area contributed by atoms with Crippen LogP contribution in [-0.4, -0.2) is 38.0 Å². The summed E-state index contributed by atoms with van der Waals surface area (Å²) in [5.74, 6) is 0.661. The number of benzene rings is 1. The van der Waals surface area contributed by atoms with Crippen LogP contribution in [0.1, 0.15) is 24.9 Å². The van der Waals surface area contributed by atoms with Crippen molar-refractivity contribution in [1.29, 1.82) is 5.26 Å². The van der Waals surface area contributed by atoms with E-state index >= 15 is 0 Å². The van der Waals surface area contributed by atoms with Gasteiger partial charge in [0.05, 0.1) is 40.6 Å². The summed E-state index contributed by atoms with van der Waals surface area (Å²) in [7, 11) is 0. The number of H-pyrrole nitrogens is 1. The molecule has 9 heteroatoms. The van der Waals surface area contributed by atoms with Gasteiger partial charge in [-0.15, -0.1) is 0 Å². The van der Waals surface area contributed by atoms with Gasteiger partial charge in [-0.05, 0) is 31.5 Å². The molecule has 0 radical (unpaired) electrons. The standard InChI is InChI=1S/C21H19ClN8/c1-12(29-21-18-20(26-10-25-18)27-11-28-21)15-7-16(22)14-3-2-5-24-17(14)19(15)30-6-4-13(8-23)9-30/h2-3,5,7,10-13H,4,6,9H2,1H3,(H2,25,26,27,28,29). The molecule has 4 heterocycles. The summed E-state index contributed by atoms with van der Waals surface area (Å²) in [6.07, 6.45) is 5.72. The SMILES string of the molecule is CC(Nc1ncnc2[nH]cnc12)c1cc(Cl)c2cccnc2c1N1CCC(C#N)C1. The van der Waals surface area contributed by atoms with E-state index in [4.69, 9.17) is 11.6 Å². The molecule has 1 aliphatic rings. The maximum absolute atomic E-state index is 9.39. The van der Waals surface area contributed by atoms with Crippen molar-refractivity contribution in [1.82, 2.24) is 24.9 Å². The number of fused-ring (bicyclic) bond motifs is 2. The molecule has 1 aliphatic heterocycles. The Bertz CT molecular complexity index is 1280. The van der Waals surface area contributed by atoms with Gasteiger partial charge in [0.25, 0.3) is 0 Å². The molecule has 30 heavy (non-hydrogen) atoms. The molecule has 1 saturated heterocycles. The van der Waals surface area contributed by atoms with E-state index in [0.29, 0.717) is 28.5 Å². The topological polar surface area (TPSA) is 106 Å². The van der Waals surface area contributed by atoms with Gasteiger partial charge in [-0.1, -0.05) is 11.6 Å². The number of nitrogens with one attached hydrogen (secondary N) is 2. The first-order chi connectivity index (χ1) is 14.7. The lowest BCUT2D eigenvalue weighted by atomic mass is 10.0. The Kier molecular flexibility index (Phi) is 4.60. The minimum atomic E-state index is -0.125. The lowest BCUT2D eigenvalue weighted by Crippen LogP contribution is -2.23. The van der Waals surface area contributed by atoms with Gasteiger partial charge in [0, 0.05) is 30.2 Å². The number of rotatable bonds is 4. The molecule has 1 aromatic carbocycles. The Hall–Kier alpha value is -3.44. The fourth-order valence-electron chi connectivity index (χ4n) is 4.09. The summed E-state index contributed by atoms with van der Waals surface area (Å²) in [5, 5.41) is 14.4. The van der Waals surface area contributed by atoms with Crippen LogP contribution in [0.4, 0.5) is 11.5 Å². The molecule has 8 nitrogen and oxygen atoms in total. The third-order valence-electron chi connectivity index (χ3n) is 5.57. The van der Waals surface area contributed by atoms with Crippen LogP contribution in [0.15, 0.2) is 37.1 Å². The third-order valence-corrected chi connectivity index (χ3v) is 5.88. The molecule has 2 atom stereocenters. The minimum Gasteiger partial charge on any atom is -0.368 e. The lowest BCUT2D eigenvalue weighted by Gasteiger charge is -2.27. The van der Waals surface area contributed by atoms with Crippen LogP contribution in [0, 0.1) is 17.2 Å². The zero-order valence-electron chi connectivity index (χ0n) is 16.3. The van der Waals surface area contributed by atoms with Crippen molar-refractivity contribution >= 4 is 45.2 Å². The highest BCUT2D eigenvalue weighted by atomic mass is 35.5. The van der Waals surface area contributed by atoms with E-state index in [-0.39, 0.29) is 12.0 Å². The number of nitriles is 1. The summed E-state index contributed by atoms with van der Waals surface area (Å²) in [6.45, 7) is 3.55. The largest absolute Gasteiger partial charge is 0.368 e. The number of aromatic amines is 1. The van der Waals surface area contributed by atoms with Crippen LogP contribution in [0.2, 0.25) is 5.02 Å². The molecule has 2 unspecified atom stereocenters. The molecule has 0 spiro atoms. The summed E-state index contributed by atoms with van der Waals surface area (Å²) >= 11 is 6.64. The average molecular weight is 419 g/mol. The van der Waals surface area contributed by atoms with Crippen molar-refractivity contribution in [2.45, 2.75) is 19.4 Å². The zero-order valence-corrected chi connectivity index (χ0v) is 17.1. The smallest absolute Gasteiger partial charge is 0.162 e. The Morgan fingerprint density at radius 1 is 1.30 bits per heavy atom. The number of halogens is 1. The van der Waals surface area contributed by atoms with E-state index in [2.05, 4.69) is 48.1 Å². The van der Waals surface area contributed by atoms with Crippen LogP contribution in [-0.2, 0) is 0 Å². The second-order valence-corrected chi connectivity index (χ2v) is 7.85. The first-order valence-corrected chi connectivity index (χ1v) is 10.2. The summed E-state index contributed by atoms with van der Waals surface area (Å²) in [6, 6.07) is 8.12. The number of imidazole rings is 1. The molecule has 4 aromatic rings. The maximum atomic E-state index is 9.39. The average Bonchev–Trinajstić information content (AvgIpc) is 3.43. The van der Waals surface area contributed by atoms with Gasteiger partial charge in [-0.3, -0.25) is 4.98 Å². The predicted molar refractivity (Wildman–Crippen MR) is 116 cm³/mol. The van der Waals surface area contributed by atoms with E-state index in [1.54, 1.807) is 12.5 Å². The molecule has 1 fully saturated rings. The first-order valence-electron chi connectivity index (χ1n) is 9.78. The highest BCUT2D eigenvalue weighted by Gasteiger charge is 2.28. The van der Waals surface area contributed by atoms with Crippen molar-refractivity contribution < 1.29 is 0 Å². The maximum Gasteiger partial charge on any atom is 0.162 e. The van der Waals surface area contributed by atoms with Crippen molar-refractivity contribution in [3.8, 4) is 6.07 Å². The van der Waals surface area contributed by atoms with Crippen LogP contribution in [0.3, 0.4) is 0 Å². The molecule has 0 amide bonds. The van der Waals surface area contributed by atoms with E-state index in [1.807, 2.05) is 18.2 Å². The third kappa shape index (κ3) is 3.08. The lowest BCUT2D eigenvalue weighted by molar-refractivity contribution is 0.754. The van der Waals surface area contributed by atoms with Gasteiger partial charge in [0.15, 0.2) is 11.5 Å². The number of hydrogen-bond donors (Lipinski definition) is 2. The Morgan fingerprint density at radius 3 is 3.03 bits per heavy atom. The Morgan fingerprint density at radius 2 is 2.20 bits per heavy atom. The van der Waals surface area contributed by atoms with E-state index < -0.39 is 0 Å². The second-order valence-electron chi connectivity index (χ2n) is 7.44. The minimum absolute atomic E-state index is 0.0149. The number of pyridine rings is 1. The number of anilines is 2. The van der Waals surface area contributed by atoms with Gasteiger partial charge in [0.1, 0.15) is 11.8 Å². The van der Waals surface area contributed by atoms with Gasteiger partial charge < -0.3 is 15.2 Å². The fraction of sp³-hybridized carbons (Fsp3) is 0.286. The zero-order chi connectivity index (χ0) is 20.7. The quantitative estimate of drug-likeness (QED) is 0.514. The molecule has 0 aliphatic carbocycles. The molecule has 0 saturated carbocycles. The normalized spacial score (nSPS) is 17.4. The van der Waals surface area contributed by atoms with E-state index in [1.165, 1.54) is 6.33 Å². The van der Waals surface area contributed by atoms with Gasteiger partial charge in [-0.2, -0.15) is 5.26 Å². The second kappa shape index (κ2) is 7.43. The summed E-state index contributed by atoms with van der Waals surface area (Å²) in [5.41, 5.74) is 4.23. The number of aromatic nitrogens is 5. The monoisotopic (exact) mass is 418 g/mol. The van der Waals surface area contributed by atoms with Crippen molar-refractivity contribution in [2.24, 2.45) is 5.92 Å². The van der Waals surface area contributed by atoms with Crippen LogP contribution in [0.25, 0.3) is 22.1 Å².